The van der Waals surface area contributed by atoms with E-state index < -0.39 is 4.87 Å². The van der Waals surface area contributed by atoms with Crippen LogP contribution in [0.25, 0.3) is 11.4 Å². The highest BCUT2D eigenvalue weighted by Crippen LogP contribution is 2.56. The molecule has 2 fully saturated rings. The highest BCUT2D eigenvalue weighted by Gasteiger charge is 2.57. The molecule has 6 rings (SSSR count). The first-order valence-corrected chi connectivity index (χ1v) is 10.8. The number of hydrogen-bond donors (Lipinski definition) is 1. The predicted octanol–water partition coefficient (Wildman–Crippen LogP) is 3.24. The summed E-state index contributed by atoms with van der Waals surface area (Å²) in [6.45, 7) is 0. The van der Waals surface area contributed by atoms with Crippen molar-refractivity contribution in [2.45, 2.75) is 41.5 Å². The summed E-state index contributed by atoms with van der Waals surface area (Å²) >= 11 is 1.46. The number of anilines is 2. The molecule has 1 aliphatic carbocycles. The Morgan fingerprint density at radius 2 is 2.03 bits per heavy atom. The van der Waals surface area contributed by atoms with E-state index in [0.29, 0.717) is 30.4 Å². The minimum atomic E-state index is -0.938. The minimum Gasteiger partial charge on any atom is -0.323 e. The number of para-hydroxylation sites is 1. The van der Waals surface area contributed by atoms with Gasteiger partial charge in [0, 0.05) is 22.6 Å². The number of nitrogens with zero attached hydrogens (tertiary/aromatic N) is 5. The fourth-order valence-electron chi connectivity index (χ4n) is 4.21. The van der Waals surface area contributed by atoms with Gasteiger partial charge in [0.1, 0.15) is 0 Å². The van der Waals surface area contributed by atoms with Gasteiger partial charge in [0.05, 0.1) is 11.7 Å². The topological polar surface area (TPSA) is 93.0 Å². The van der Waals surface area contributed by atoms with Crippen molar-refractivity contribution in [1.82, 2.24) is 20.2 Å². The Labute approximate surface area is 176 Å². The van der Waals surface area contributed by atoms with Crippen molar-refractivity contribution in [3.05, 3.63) is 48.5 Å². The number of hydrogen-bond acceptors (Lipinski definition) is 6. The molecule has 1 aromatic heterocycles. The lowest BCUT2D eigenvalue weighted by Gasteiger charge is -2.29. The number of rotatable bonds is 4. The van der Waals surface area contributed by atoms with Crippen LogP contribution in [0.3, 0.4) is 0 Å². The molecule has 3 aromatic rings. The fourth-order valence-corrected chi connectivity index (χ4v) is 5.63. The van der Waals surface area contributed by atoms with E-state index in [1.54, 1.807) is 4.90 Å². The Balaban J connectivity index is 1.31. The van der Waals surface area contributed by atoms with Crippen molar-refractivity contribution in [2.24, 2.45) is 0 Å². The number of nitrogens with one attached hydrogen (secondary N) is 1. The molecule has 150 valence electrons. The van der Waals surface area contributed by atoms with Crippen molar-refractivity contribution in [3.8, 4) is 11.4 Å². The van der Waals surface area contributed by atoms with Gasteiger partial charge in [-0.15, -0.1) is 5.10 Å². The molecule has 3 heterocycles. The minimum absolute atomic E-state index is 0.0139. The first-order chi connectivity index (χ1) is 14.7. The summed E-state index contributed by atoms with van der Waals surface area (Å²) < 4.78 is 1.85. The lowest BCUT2D eigenvalue weighted by atomic mass is 10.1. The average Bonchev–Trinajstić information content (AvgIpc) is 3.24. The van der Waals surface area contributed by atoms with Gasteiger partial charge in [0.25, 0.3) is 5.91 Å². The van der Waals surface area contributed by atoms with E-state index in [0.717, 1.165) is 29.0 Å². The van der Waals surface area contributed by atoms with Gasteiger partial charge < -0.3 is 5.32 Å². The van der Waals surface area contributed by atoms with Gasteiger partial charge in [0.2, 0.25) is 5.91 Å². The first kappa shape index (κ1) is 17.6. The Hall–Kier alpha value is -3.20. The van der Waals surface area contributed by atoms with Gasteiger partial charge in [-0.05, 0) is 54.0 Å². The van der Waals surface area contributed by atoms with E-state index in [2.05, 4.69) is 20.8 Å². The molecule has 1 saturated carbocycles. The lowest BCUT2D eigenvalue weighted by molar-refractivity contribution is -0.121. The Morgan fingerprint density at radius 1 is 1.17 bits per heavy atom. The number of fused-ring (bicyclic) bond motifs is 3. The van der Waals surface area contributed by atoms with E-state index in [1.165, 1.54) is 11.8 Å². The maximum Gasteiger partial charge on any atom is 0.261 e. The van der Waals surface area contributed by atoms with Crippen molar-refractivity contribution in [2.75, 3.05) is 10.2 Å². The molecule has 0 spiro atoms. The Bertz CT molecular complexity index is 1190. The SMILES string of the molecule is O=C1CC[C@@]2(C(=O)Nc3cccc(-c4nnnn4C4CC4)c3)Sc3ccccc3N12. The summed E-state index contributed by atoms with van der Waals surface area (Å²) in [5, 5.41) is 15.1. The van der Waals surface area contributed by atoms with E-state index in [1.807, 2.05) is 53.2 Å². The standard InChI is InChI=1S/C21H18N6O2S/c28-18-10-11-21(26(18)16-6-1-2-7-17(16)30-21)20(29)22-14-5-3-4-13(12-14)19-23-24-25-27(19)15-8-9-15/h1-7,12,15H,8-11H2,(H,22,29)/t21-/m0/s1. The molecular weight excluding hydrogens is 400 g/mol. The molecule has 1 atom stereocenters. The number of tetrazole rings is 1. The van der Waals surface area contributed by atoms with Gasteiger partial charge in [-0.25, -0.2) is 4.68 Å². The van der Waals surface area contributed by atoms with Gasteiger partial charge in [0.15, 0.2) is 10.7 Å². The molecule has 0 bridgehead atoms. The summed E-state index contributed by atoms with van der Waals surface area (Å²) in [4.78, 5) is 27.7. The normalized spacial score (nSPS) is 22.1. The third kappa shape index (κ3) is 2.58. The predicted molar refractivity (Wildman–Crippen MR) is 112 cm³/mol. The van der Waals surface area contributed by atoms with Crippen LogP contribution in [0.5, 0.6) is 0 Å². The van der Waals surface area contributed by atoms with Crippen molar-refractivity contribution >= 4 is 35.0 Å². The number of aromatic nitrogens is 4. The zero-order valence-corrected chi connectivity index (χ0v) is 16.8. The Kier molecular flexibility index (Phi) is 3.76. The summed E-state index contributed by atoms with van der Waals surface area (Å²) in [5.74, 6) is 0.500. The molecule has 9 heteroatoms. The number of amides is 2. The largest absolute Gasteiger partial charge is 0.323 e. The molecule has 0 radical (unpaired) electrons. The zero-order valence-electron chi connectivity index (χ0n) is 16.0. The molecule has 2 amide bonds. The van der Waals surface area contributed by atoms with E-state index in [-0.39, 0.29) is 11.8 Å². The maximum absolute atomic E-state index is 13.4. The third-order valence-electron chi connectivity index (χ3n) is 5.79. The van der Waals surface area contributed by atoms with Crippen molar-refractivity contribution < 1.29 is 9.59 Å². The quantitative estimate of drug-likeness (QED) is 0.699. The van der Waals surface area contributed by atoms with Gasteiger partial charge in [-0.1, -0.05) is 36.0 Å². The molecule has 1 saturated heterocycles. The third-order valence-corrected chi connectivity index (χ3v) is 7.27. The van der Waals surface area contributed by atoms with Crippen LogP contribution in [-0.2, 0) is 9.59 Å². The molecule has 2 aromatic carbocycles. The van der Waals surface area contributed by atoms with Gasteiger partial charge in [-0.3, -0.25) is 14.5 Å². The molecule has 0 unspecified atom stereocenters. The number of thioether (sulfide) groups is 1. The molecule has 3 aliphatic rings. The van der Waals surface area contributed by atoms with Crippen LogP contribution < -0.4 is 10.2 Å². The average molecular weight is 418 g/mol. The van der Waals surface area contributed by atoms with Crippen LogP contribution in [-0.4, -0.2) is 36.9 Å². The summed E-state index contributed by atoms with van der Waals surface area (Å²) in [6, 6.07) is 15.6. The van der Waals surface area contributed by atoms with Crippen LogP contribution in [0.15, 0.2) is 53.4 Å². The fraction of sp³-hybridized carbons (Fsp3) is 0.286. The molecule has 30 heavy (non-hydrogen) atoms. The van der Waals surface area contributed by atoms with E-state index in [4.69, 9.17) is 0 Å². The van der Waals surface area contributed by atoms with Crippen LogP contribution in [0.1, 0.15) is 31.7 Å². The smallest absolute Gasteiger partial charge is 0.261 e. The van der Waals surface area contributed by atoms with E-state index >= 15 is 0 Å². The Morgan fingerprint density at radius 3 is 2.90 bits per heavy atom. The monoisotopic (exact) mass is 418 g/mol. The van der Waals surface area contributed by atoms with Crippen LogP contribution in [0.4, 0.5) is 11.4 Å². The first-order valence-electron chi connectivity index (χ1n) is 9.97. The summed E-state index contributed by atoms with van der Waals surface area (Å²) in [6.07, 6.45) is 3.01. The number of benzene rings is 2. The molecule has 1 N–H and O–H groups in total. The number of carbonyl (C=O) groups excluding carboxylic acids is 2. The van der Waals surface area contributed by atoms with E-state index in [9.17, 15) is 9.59 Å². The second kappa shape index (κ2) is 6.40. The highest BCUT2D eigenvalue weighted by molar-refractivity contribution is 8.02. The summed E-state index contributed by atoms with van der Waals surface area (Å²) in [7, 11) is 0. The molecule has 8 nitrogen and oxygen atoms in total. The van der Waals surface area contributed by atoms with Crippen LogP contribution >= 0.6 is 11.8 Å². The number of carbonyl (C=O) groups is 2. The van der Waals surface area contributed by atoms with Crippen molar-refractivity contribution in [3.63, 3.8) is 0 Å². The summed E-state index contributed by atoms with van der Waals surface area (Å²) in [5.41, 5.74) is 2.33. The van der Waals surface area contributed by atoms with Crippen LogP contribution in [0.2, 0.25) is 0 Å². The van der Waals surface area contributed by atoms with Gasteiger partial charge in [-0.2, -0.15) is 0 Å². The van der Waals surface area contributed by atoms with Crippen LogP contribution in [0, 0.1) is 0 Å². The molecule has 2 aliphatic heterocycles. The van der Waals surface area contributed by atoms with Crippen molar-refractivity contribution in [1.29, 1.82) is 0 Å². The second-order valence-electron chi connectivity index (χ2n) is 7.80. The molecular formula is C21H18N6O2S. The highest BCUT2D eigenvalue weighted by atomic mass is 32.2. The van der Waals surface area contributed by atoms with Gasteiger partial charge >= 0.3 is 0 Å². The maximum atomic E-state index is 13.4. The lowest BCUT2D eigenvalue weighted by Crippen LogP contribution is -2.49. The second-order valence-corrected chi connectivity index (χ2v) is 9.12. The zero-order chi connectivity index (χ0) is 20.3.